The largest absolute Gasteiger partial charge is 0.464 e. The lowest BCUT2D eigenvalue weighted by molar-refractivity contribution is -0.188. The van der Waals surface area contributed by atoms with Crippen LogP contribution in [0.5, 0.6) is 5.88 Å². The van der Waals surface area contributed by atoms with Crippen LogP contribution in [0, 0.1) is 13.8 Å². The maximum absolute atomic E-state index is 13.0. The molecule has 1 spiro atoms. The van der Waals surface area contributed by atoms with E-state index in [0.717, 1.165) is 28.0 Å². The highest BCUT2D eigenvalue weighted by Crippen LogP contribution is 2.32. The van der Waals surface area contributed by atoms with Crippen LogP contribution < -0.4 is 4.74 Å². The van der Waals surface area contributed by atoms with Gasteiger partial charge in [-0.2, -0.15) is 10.1 Å². The number of benzene rings is 1. The standard InChI is InChI=1S/C24H28N4O4/c1-16-15-20(25-22-21(16)17(2)26-28(22)19-7-5-4-6-8-19)32-18(3)23(29)27-11-9-24(10-12-27)30-13-14-31-24/h4-8,15,18H,9-14H2,1-3H3/t18-/m1/s1. The number of hydrogen-bond donors (Lipinski definition) is 0. The number of likely N-dealkylation sites (tertiary alicyclic amines) is 1. The first-order valence-electron chi connectivity index (χ1n) is 11.1. The van der Waals surface area contributed by atoms with Crippen LogP contribution in [0.2, 0.25) is 0 Å². The second-order valence-electron chi connectivity index (χ2n) is 8.50. The average molecular weight is 437 g/mol. The van der Waals surface area contributed by atoms with Crippen LogP contribution in [-0.4, -0.2) is 63.8 Å². The molecule has 5 rings (SSSR count). The fourth-order valence-corrected chi connectivity index (χ4v) is 4.63. The number of piperidine rings is 1. The molecule has 168 valence electrons. The van der Waals surface area contributed by atoms with E-state index in [1.807, 2.05) is 59.8 Å². The number of fused-ring (bicyclic) bond motifs is 1. The number of para-hydroxylation sites is 1. The molecule has 3 aromatic rings. The quantitative estimate of drug-likeness (QED) is 0.625. The molecule has 2 aliphatic rings. The van der Waals surface area contributed by atoms with Crippen LogP contribution in [0.15, 0.2) is 36.4 Å². The predicted molar refractivity (Wildman–Crippen MR) is 119 cm³/mol. The van der Waals surface area contributed by atoms with Gasteiger partial charge in [-0.1, -0.05) is 18.2 Å². The maximum atomic E-state index is 13.0. The summed E-state index contributed by atoms with van der Waals surface area (Å²) in [5.74, 6) is -0.132. The molecule has 0 radical (unpaired) electrons. The zero-order valence-corrected chi connectivity index (χ0v) is 18.7. The summed E-state index contributed by atoms with van der Waals surface area (Å²) in [5, 5.41) is 5.68. The van der Waals surface area contributed by atoms with Crippen molar-refractivity contribution in [2.24, 2.45) is 0 Å². The minimum absolute atomic E-state index is 0.0508. The van der Waals surface area contributed by atoms with Crippen LogP contribution in [0.25, 0.3) is 16.7 Å². The number of ether oxygens (including phenoxy) is 3. The van der Waals surface area contributed by atoms with E-state index in [-0.39, 0.29) is 5.91 Å². The number of carbonyl (C=O) groups excluding carboxylic acids is 1. The molecule has 0 bridgehead atoms. The van der Waals surface area contributed by atoms with E-state index in [1.165, 1.54) is 0 Å². The van der Waals surface area contributed by atoms with Gasteiger partial charge in [0.15, 0.2) is 17.5 Å². The summed E-state index contributed by atoms with van der Waals surface area (Å²) < 4.78 is 19.4. The summed E-state index contributed by atoms with van der Waals surface area (Å²) in [5.41, 5.74) is 3.57. The van der Waals surface area contributed by atoms with E-state index in [0.29, 0.717) is 45.0 Å². The molecule has 0 aliphatic carbocycles. The van der Waals surface area contributed by atoms with Crippen molar-refractivity contribution in [3.8, 4) is 11.6 Å². The van der Waals surface area contributed by atoms with Gasteiger partial charge in [-0.05, 0) is 38.5 Å². The Morgan fingerprint density at radius 1 is 1.12 bits per heavy atom. The van der Waals surface area contributed by atoms with Crippen LogP contribution >= 0.6 is 0 Å². The molecule has 2 fully saturated rings. The van der Waals surface area contributed by atoms with E-state index in [9.17, 15) is 4.79 Å². The molecule has 32 heavy (non-hydrogen) atoms. The summed E-state index contributed by atoms with van der Waals surface area (Å²) in [6, 6.07) is 11.8. The summed E-state index contributed by atoms with van der Waals surface area (Å²) in [6.07, 6.45) is 0.724. The molecule has 0 N–H and O–H groups in total. The van der Waals surface area contributed by atoms with Gasteiger partial charge in [0.1, 0.15) is 0 Å². The molecule has 0 saturated carbocycles. The molecule has 0 unspecified atom stereocenters. The Kier molecular flexibility index (Phi) is 5.35. The van der Waals surface area contributed by atoms with E-state index in [2.05, 4.69) is 5.10 Å². The lowest BCUT2D eigenvalue weighted by atomic mass is 10.0. The number of aromatic nitrogens is 3. The van der Waals surface area contributed by atoms with Crippen LogP contribution in [0.1, 0.15) is 31.0 Å². The molecule has 4 heterocycles. The number of nitrogens with zero attached hydrogens (tertiary/aromatic N) is 4. The first-order chi connectivity index (χ1) is 15.5. The predicted octanol–water partition coefficient (Wildman–Crippen LogP) is 3.17. The van der Waals surface area contributed by atoms with Gasteiger partial charge in [0.25, 0.3) is 5.91 Å². The van der Waals surface area contributed by atoms with Gasteiger partial charge < -0.3 is 19.1 Å². The van der Waals surface area contributed by atoms with Crippen molar-refractivity contribution in [1.29, 1.82) is 0 Å². The Morgan fingerprint density at radius 2 is 1.81 bits per heavy atom. The summed E-state index contributed by atoms with van der Waals surface area (Å²) >= 11 is 0. The van der Waals surface area contributed by atoms with Crippen molar-refractivity contribution < 1.29 is 19.0 Å². The third-order valence-corrected chi connectivity index (χ3v) is 6.28. The second-order valence-corrected chi connectivity index (χ2v) is 8.50. The normalized spacial score (nSPS) is 18.9. The maximum Gasteiger partial charge on any atom is 0.263 e. The van der Waals surface area contributed by atoms with Crippen molar-refractivity contribution in [3.05, 3.63) is 47.7 Å². The molecule has 2 aliphatic heterocycles. The first-order valence-corrected chi connectivity index (χ1v) is 11.1. The van der Waals surface area contributed by atoms with Crippen molar-refractivity contribution in [3.63, 3.8) is 0 Å². The van der Waals surface area contributed by atoms with Gasteiger partial charge in [-0.15, -0.1) is 0 Å². The lowest BCUT2D eigenvalue weighted by Crippen LogP contribution is -2.50. The van der Waals surface area contributed by atoms with Crippen LogP contribution in [0.3, 0.4) is 0 Å². The Balaban J connectivity index is 1.35. The smallest absolute Gasteiger partial charge is 0.263 e. The van der Waals surface area contributed by atoms with Crippen molar-refractivity contribution in [2.45, 2.75) is 45.5 Å². The monoisotopic (exact) mass is 436 g/mol. The number of aryl methyl sites for hydroxylation is 2. The number of hydrogen-bond acceptors (Lipinski definition) is 6. The zero-order valence-electron chi connectivity index (χ0n) is 18.7. The molecule has 2 saturated heterocycles. The second kappa shape index (κ2) is 8.18. The highest BCUT2D eigenvalue weighted by Gasteiger charge is 2.41. The SMILES string of the molecule is Cc1cc(O[C@H](C)C(=O)N2CCC3(CC2)OCCO3)nc2c1c(C)nn2-c1ccccc1. The molecular formula is C24H28N4O4. The number of pyridine rings is 1. The lowest BCUT2D eigenvalue weighted by Gasteiger charge is -2.38. The highest BCUT2D eigenvalue weighted by molar-refractivity contribution is 5.84. The number of carbonyl (C=O) groups is 1. The van der Waals surface area contributed by atoms with Gasteiger partial charge >= 0.3 is 0 Å². The zero-order chi connectivity index (χ0) is 22.3. The third kappa shape index (κ3) is 3.73. The van der Waals surface area contributed by atoms with E-state index >= 15 is 0 Å². The molecule has 2 aromatic heterocycles. The Labute approximate surface area is 187 Å². The Hall–Kier alpha value is -2.97. The number of amides is 1. The van der Waals surface area contributed by atoms with E-state index in [1.54, 1.807) is 6.92 Å². The van der Waals surface area contributed by atoms with Gasteiger partial charge in [0.2, 0.25) is 5.88 Å². The minimum Gasteiger partial charge on any atom is -0.464 e. The first kappa shape index (κ1) is 20.9. The Bertz CT molecular complexity index is 1130. The molecule has 1 amide bonds. The Morgan fingerprint density at radius 3 is 2.50 bits per heavy atom. The summed E-state index contributed by atoms with van der Waals surface area (Å²) in [4.78, 5) is 19.6. The third-order valence-electron chi connectivity index (χ3n) is 6.28. The molecule has 8 nitrogen and oxygen atoms in total. The highest BCUT2D eigenvalue weighted by atomic mass is 16.7. The van der Waals surface area contributed by atoms with Gasteiger partial charge in [0.05, 0.1) is 24.6 Å². The van der Waals surface area contributed by atoms with Crippen molar-refractivity contribution in [2.75, 3.05) is 26.3 Å². The molecule has 1 atom stereocenters. The fraction of sp³-hybridized carbons (Fsp3) is 0.458. The molecule has 8 heteroatoms. The fourth-order valence-electron chi connectivity index (χ4n) is 4.63. The minimum atomic E-state index is -0.645. The molecule has 1 aromatic carbocycles. The van der Waals surface area contributed by atoms with Crippen LogP contribution in [0.4, 0.5) is 0 Å². The van der Waals surface area contributed by atoms with E-state index in [4.69, 9.17) is 19.2 Å². The summed E-state index contributed by atoms with van der Waals surface area (Å²) in [7, 11) is 0. The average Bonchev–Trinajstić information content (AvgIpc) is 3.39. The van der Waals surface area contributed by atoms with Crippen LogP contribution in [-0.2, 0) is 14.3 Å². The van der Waals surface area contributed by atoms with Gasteiger partial charge in [-0.25, -0.2) is 4.68 Å². The van der Waals surface area contributed by atoms with Gasteiger partial charge in [-0.3, -0.25) is 4.79 Å². The van der Waals surface area contributed by atoms with Gasteiger partial charge in [0, 0.05) is 37.4 Å². The van der Waals surface area contributed by atoms with E-state index < -0.39 is 11.9 Å². The topological polar surface area (TPSA) is 78.7 Å². The van der Waals surface area contributed by atoms with Crippen molar-refractivity contribution >= 4 is 16.9 Å². The summed E-state index contributed by atoms with van der Waals surface area (Å²) in [6.45, 7) is 8.20. The number of rotatable bonds is 4. The van der Waals surface area contributed by atoms with Crippen molar-refractivity contribution in [1.82, 2.24) is 19.7 Å². The molecular weight excluding hydrogens is 408 g/mol.